The van der Waals surface area contributed by atoms with Gasteiger partial charge in [-0.25, -0.2) is 9.48 Å². The lowest BCUT2D eigenvalue weighted by Crippen LogP contribution is -2.31. The maximum atomic E-state index is 11.9. The van der Waals surface area contributed by atoms with E-state index in [4.69, 9.17) is 15.7 Å². The van der Waals surface area contributed by atoms with E-state index >= 15 is 0 Å². The van der Waals surface area contributed by atoms with Gasteiger partial charge in [0.15, 0.2) is 5.82 Å². The summed E-state index contributed by atoms with van der Waals surface area (Å²) >= 11 is 0. The van der Waals surface area contributed by atoms with Gasteiger partial charge in [0.1, 0.15) is 11.4 Å². The standard InChI is InChI=1S/C13H19N5O2/c1-20-13(19)10-11(15)18(9-5-6-14)16-12(10)17-7-3-2-4-8-17/h2-5,7-9,15H2,1H3. The number of nitrogen functional groups attached to an aromatic ring is 1. The lowest BCUT2D eigenvalue weighted by molar-refractivity contribution is 0.0602. The molecule has 1 aliphatic heterocycles. The number of aromatic nitrogens is 2. The summed E-state index contributed by atoms with van der Waals surface area (Å²) in [6, 6.07) is 2.05. The van der Waals surface area contributed by atoms with Crippen molar-refractivity contribution >= 4 is 17.6 Å². The zero-order valence-electron chi connectivity index (χ0n) is 11.6. The molecule has 0 saturated carbocycles. The van der Waals surface area contributed by atoms with E-state index in [1.807, 2.05) is 6.07 Å². The van der Waals surface area contributed by atoms with E-state index in [9.17, 15) is 4.79 Å². The van der Waals surface area contributed by atoms with Crippen LogP contribution in [0.3, 0.4) is 0 Å². The molecule has 0 aromatic carbocycles. The van der Waals surface area contributed by atoms with Gasteiger partial charge in [-0.1, -0.05) is 0 Å². The van der Waals surface area contributed by atoms with Gasteiger partial charge in [-0.2, -0.15) is 10.4 Å². The van der Waals surface area contributed by atoms with E-state index in [2.05, 4.69) is 10.00 Å². The number of hydrogen-bond donors (Lipinski definition) is 1. The normalized spacial score (nSPS) is 14.9. The van der Waals surface area contributed by atoms with Gasteiger partial charge in [-0.15, -0.1) is 0 Å². The van der Waals surface area contributed by atoms with Gasteiger partial charge in [-0.05, 0) is 19.3 Å². The fraction of sp³-hybridized carbons (Fsp3) is 0.615. The third kappa shape index (κ3) is 2.69. The molecule has 0 spiro atoms. The molecule has 0 radical (unpaired) electrons. The number of nitrogens with two attached hydrogens (primary N) is 1. The summed E-state index contributed by atoms with van der Waals surface area (Å²) in [5, 5.41) is 13.1. The minimum absolute atomic E-state index is 0.271. The van der Waals surface area contributed by atoms with E-state index in [0.29, 0.717) is 24.3 Å². The van der Waals surface area contributed by atoms with Crippen molar-refractivity contribution in [2.75, 3.05) is 30.8 Å². The fourth-order valence-electron chi connectivity index (χ4n) is 2.41. The van der Waals surface area contributed by atoms with Crippen molar-refractivity contribution in [3.05, 3.63) is 5.56 Å². The molecule has 2 heterocycles. The Morgan fingerprint density at radius 3 is 2.75 bits per heavy atom. The van der Waals surface area contributed by atoms with E-state index in [1.165, 1.54) is 18.2 Å². The summed E-state index contributed by atoms with van der Waals surface area (Å²) in [6.07, 6.45) is 3.64. The molecule has 1 aliphatic rings. The first kappa shape index (κ1) is 14.2. The largest absolute Gasteiger partial charge is 0.465 e. The molecule has 1 aromatic heterocycles. The number of esters is 1. The quantitative estimate of drug-likeness (QED) is 0.829. The van der Waals surface area contributed by atoms with E-state index < -0.39 is 5.97 Å². The molecule has 0 amide bonds. The zero-order chi connectivity index (χ0) is 14.5. The molecule has 1 aromatic rings. The molecule has 0 bridgehead atoms. The van der Waals surface area contributed by atoms with Crippen molar-refractivity contribution in [1.82, 2.24) is 9.78 Å². The number of carbonyl (C=O) groups excluding carboxylic acids is 1. The highest BCUT2D eigenvalue weighted by atomic mass is 16.5. The van der Waals surface area contributed by atoms with Crippen LogP contribution in [0.2, 0.25) is 0 Å². The van der Waals surface area contributed by atoms with E-state index in [-0.39, 0.29) is 5.82 Å². The van der Waals surface area contributed by atoms with Gasteiger partial charge in [0.2, 0.25) is 0 Å². The number of piperidine rings is 1. The van der Waals surface area contributed by atoms with Gasteiger partial charge in [0.05, 0.1) is 26.1 Å². The molecule has 1 fully saturated rings. The van der Waals surface area contributed by atoms with Crippen LogP contribution >= 0.6 is 0 Å². The van der Waals surface area contributed by atoms with Gasteiger partial charge in [0, 0.05) is 13.1 Å². The number of anilines is 2. The first-order valence-electron chi connectivity index (χ1n) is 6.75. The number of nitriles is 1. The topological polar surface area (TPSA) is 97.2 Å². The summed E-state index contributed by atoms with van der Waals surface area (Å²) < 4.78 is 6.32. The van der Waals surface area contributed by atoms with Crippen LogP contribution in [0.4, 0.5) is 11.6 Å². The summed E-state index contributed by atoms with van der Waals surface area (Å²) in [7, 11) is 1.33. The molecule has 0 aliphatic carbocycles. The highest BCUT2D eigenvalue weighted by molar-refractivity contribution is 5.99. The Labute approximate surface area is 117 Å². The van der Waals surface area contributed by atoms with Crippen molar-refractivity contribution in [1.29, 1.82) is 5.26 Å². The third-order valence-electron chi connectivity index (χ3n) is 3.45. The van der Waals surface area contributed by atoms with E-state index in [1.54, 1.807) is 0 Å². The Hall–Kier alpha value is -2.23. The summed E-state index contributed by atoms with van der Waals surface area (Å²) in [5.74, 6) is 0.367. The highest BCUT2D eigenvalue weighted by Gasteiger charge is 2.27. The number of carbonyl (C=O) groups is 1. The van der Waals surface area contributed by atoms with Gasteiger partial charge < -0.3 is 15.4 Å². The Morgan fingerprint density at radius 2 is 2.15 bits per heavy atom. The predicted octanol–water partition coefficient (Wildman–Crippen LogP) is 1.16. The zero-order valence-corrected chi connectivity index (χ0v) is 11.6. The minimum atomic E-state index is -0.480. The minimum Gasteiger partial charge on any atom is -0.465 e. The van der Waals surface area contributed by atoms with Crippen LogP contribution in [0.15, 0.2) is 0 Å². The van der Waals surface area contributed by atoms with Crippen LogP contribution in [0.25, 0.3) is 0 Å². The number of rotatable bonds is 4. The maximum Gasteiger partial charge on any atom is 0.345 e. The van der Waals surface area contributed by atoms with E-state index in [0.717, 1.165) is 25.9 Å². The number of nitrogens with zero attached hydrogens (tertiary/aromatic N) is 4. The van der Waals surface area contributed by atoms with Crippen molar-refractivity contribution in [2.24, 2.45) is 0 Å². The monoisotopic (exact) mass is 277 g/mol. The van der Waals surface area contributed by atoms with Crippen LogP contribution in [0.1, 0.15) is 36.0 Å². The first-order valence-corrected chi connectivity index (χ1v) is 6.75. The van der Waals surface area contributed by atoms with Gasteiger partial charge >= 0.3 is 5.97 Å². The number of ether oxygens (including phenoxy) is 1. The second kappa shape index (κ2) is 6.28. The Kier molecular flexibility index (Phi) is 4.45. The van der Waals surface area contributed by atoms with Crippen molar-refractivity contribution in [3.63, 3.8) is 0 Å². The molecule has 0 atom stereocenters. The van der Waals surface area contributed by atoms with Crippen molar-refractivity contribution < 1.29 is 9.53 Å². The summed E-state index contributed by atoms with van der Waals surface area (Å²) in [5.41, 5.74) is 6.30. The Morgan fingerprint density at radius 1 is 1.45 bits per heavy atom. The summed E-state index contributed by atoms with van der Waals surface area (Å²) in [6.45, 7) is 2.09. The predicted molar refractivity (Wildman–Crippen MR) is 74.3 cm³/mol. The second-order valence-corrected chi connectivity index (χ2v) is 4.75. The molecule has 2 N–H and O–H groups in total. The van der Waals surface area contributed by atoms with Crippen LogP contribution in [0.5, 0.6) is 0 Å². The Balaban J connectivity index is 2.37. The molecule has 20 heavy (non-hydrogen) atoms. The molecule has 1 saturated heterocycles. The molecular weight excluding hydrogens is 258 g/mol. The molecule has 2 rings (SSSR count). The first-order chi connectivity index (χ1) is 9.69. The smallest absolute Gasteiger partial charge is 0.345 e. The molecule has 7 nitrogen and oxygen atoms in total. The number of methoxy groups -OCH3 is 1. The number of aryl methyl sites for hydroxylation is 1. The van der Waals surface area contributed by atoms with Crippen molar-refractivity contribution in [2.45, 2.75) is 32.2 Å². The fourth-order valence-corrected chi connectivity index (χ4v) is 2.41. The lowest BCUT2D eigenvalue weighted by atomic mass is 10.1. The lowest BCUT2D eigenvalue weighted by Gasteiger charge is -2.27. The van der Waals surface area contributed by atoms with Gasteiger partial charge in [0.25, 0.3) is 0 Å². The Bertz CT molecular complexity index is 526. The van der Waals surface area contributed by atoms with Crippen LogP contribution in [-0.4, -0.2) is 35.9 Å². The maximum absolute atomic E-state index is 11.9. The van der Waals surface area contributed by atoms with Gasteiger partial charge in [-0.3, -0.25) is 0 Å². The highest BCUT2D eigenvalue weighted by Crippen LogP contribution is 2.28. The molecule has 0 unspecified atom stereocenters. The number of hydrogen-bond acceptors (Lipinski definition) is 6. The SMILES string of the molecule is COC(=O)c1c(N2CCCCC2)nn(CCC#N)c1N. The molecule has 108 valence electrons. The van der Waals surface area contributed by atoms with Crippen LogP contribution in [0, 0.1) is 11.3 Å². The third-order valence-corrected chi connectivity index (χ3v) is 3.45. The summed E-state index contributed by atoms with van der Waals surface area (Å²) in [4.78, 5) is 14.0. The average molecular weight is 277 g/mol. The average Bonchev–Trinajstić information content (AvgIpc) is 2.82. The van der Waals surface area contributed by atoms with Crippen LogP contribution < -0.4 is 10.6 Å². The second-order valence-electron chi connectivity index (χ2n) is 4.75. The molecular formula is C13H19N5O2. The van der Waals surface area contributed by atoms with Crippen LogP contribution in [-0.2, 0) is 11.3 Å². The van der Waals surface area contributed by atoms with Crippen molar-refractivity contribution in [3.8, 4) is 6.07 Å². The molecule has 7 heteroatoms.